The van der Waals surface area contributed by atoms with E-state index in [4.69, 9.17) is 9.57 Å². The topological polar surface area (TPSA) is 47.9 Å². The van der Waals surface area contributed by atoms with Gasteiger partial charge in [0.05, 0.1) is 18.2 Å². The maximum atomic E-state index is 11.6. The summed E-state index contributed by atoms with van der Waals surface area (Å²) in [6.45, 7) is 4.04. The van der Waals surface area contributed by atoms with E-state index in [1.165, 1.54) is 0 Å². The van der Waals surface area contributed by atoms with Crippen LogP contribution in [-0.2, 0) is 14.4 Å². The van der Waals surface area contributed by atoms with E-state index >= 15 is 0 Å². The van der Waals surface area contributed by atoms with Gasteiger partial charge >= 0.3 is 5.97 Å². The minimum atomic E-state index is -0.620. The molecule has 4 heteroatoms. The molecule has 0 saturated heterocycles. The van der Waals surface area contributed by atoms with Crippen LogP contribution in [0.5, 0.6) is 0 Å². The van der Waals surface area contributed by atoms with Crippen molar-refractivity contribution in [3.8, 4) is 0 Å². The molecule has 0 N–H and O–H groups in total. The summed E-state index contributed by atoms with van der Waals surface area (Å²) in [5.74, 6) is -0.439. The molecule has 0 bridgehead atoms. The molecule has 4 nitrogen and oxygen atoms in total. The molecule has 2 rings (SSSR count). The molecule has 0 aliphatic carbocycles. The fourth-order valence-electron chi connectivity index (χ4n) is 1.83. The number of oxime groups is 1. The number of hydrogen-bond donors (Lipinski definition) is 0. The molecule has 0 radical (unpaired) electrons. The second-order valence-corrected chi connectivity index (χ2v) is 3.91. The van der Waals surface area contributed by atoms with Gasteiger partial charge in [0, 0.05) is 0 Å². The second kappa shape index (κ2) is 4.99. The Balaban J connectivity index is 2.12. The van der Waals surface area contributed by atoms with Crippen molar-refractivity contribution >= 4 is 11.7 Å². The lowest BCUT2D eigenvalue weighted by atomic mass is 9.94. The molecule has 1 aliphatic heterocycles. The van der Waals surface area contributed by atoms with E-state index in [0.29, 0.717) is 6.61 Å². The number of ether oxygens (including phenoxy) is 1. The van der Waals surface area contributed by atoms with Crippen molar-refractivity contribution in [1.29, 1.82) is 0 Å². The van der Waals surface area contributed by atoms with Crippen molar-refractivity contribution in [2.75, 3.05) is 6.61 Å². The lowest BCUT2D eigenvalue weighted by molar-refractivity contribution is -0.156. The molecule has 0 saturated carbocycles. The average molecular weight is 233 g/mol. The molecule has 0 spiro atoms. The SMILES string of the molecule is CCOC(=O)[C@H]1ON=C(c2ccccc2)[C@@H]1C. The highest BCUT2D eigenvalue weighted by atomic mass is 16.7. The van der Waals surface area contributed by atoms with Crippen molar-refractivity contribution in [1.82, 2.24) is 0 Å². The number of esters is 1. The van der Waals surface area contributed by atoms with Crippen molar-refractivity contribution < 1.29 is 14.4 Å². The van der Waals surface area contributed by atoms with E-state index < -0.39 is 6.10 Å². The molecule has 1 aromatic carbocycles. The summed E-state index contributed by atoms with van der Waals surface area (Å²) in [4.78, 5) is 16.8. The first-order valence-corrected chi connectivity index (χ1v) is 5.69. The first-order valence-electron chi connectivity index (χ1n) is 5.69. The predicted octanol–water partition coefficient (Wildman–Crippen LogP) is 1.99. The molecule has 17 heavy (non-hydrogen) atoms. The largest absolute Gasteiger partial charge is 0.463 e. The third kappa shape index (κ3) is 2.30. The Kier molecular flexibility index (Phi) is 3.42. The number of benzene rings is 1. The zero-order valence-corrected chi connectivity index (χ0v) is 9.92. The van der Waals surface area contributed by atoms with Gasteiger partial charge in [-0.25, -0.2) is 4.79 Å². The third-order valence-electron chi connectivity index (χ3n) is 2.74. The fourth-order valence-corrected chi connectivity index (χ4v) is 1.83. The number of nitrogens with zero attached hydrogens (tertiary/aromatic N) is 1. The minimum Gasteiger partial charge on any atom is -0.463 e. The van der Waals surface area contributed by atoms with Crippen LogP contribution in [0.15, 0.2) is 35.5 Å². The second-order valence-electron chi connectivity index (χ2n) is 3.91. The maximum absolute atomic E-state index is 11.6. The molecule has 0 aromatic heterocycles. The van der Waals surface area contributed by atoms with Crippen LogP contribution in [0.4, 0.5) is 0 Å². The molecule has 1 aromatic rings. The van der Waals surface area contributed by atoms with Gasteiger partial charge in [0.25, 0.3) is 0 Å². The smallest absolute Gasteiger partial charge is 0.350 e. The molecule has 2 atom stereocenters. The van der Waals surface area contributed by atoms with Gasteiger partial charge in [0.1, 0.15) is 0 Å². The zero-order valence-electron chi connectivity index (χ0n) is 9.92. The lowest BCUT2D eigenvalue weighted by Gasteiger charge is -2.12. The van der Waals surface area contributed by atoms with Crippen LogP contribution in [-0.4, -0.2) is 24.4 Å². The van der Waals surface area contributed by atoms with Gasteiger partial charge in [-0.1, -0.05) is 42.4 Å². The van der Waals surface area contributed by atoms with Gasteiger partial charge in [0.15, 0.2) is 0 Å². The van der Waals surface area contributed by atoms with Gasteiger partial charge in [0.2, 0.25) is 6.10 Å². The van der Waals surface area contributed by atoms with Crippen LogP contribution in [0.2, 0.25) is 0 Å². The summed E-state index contributed by atoms with van der Waals surface area (Å²) in [6.07, 6.45) is -0.620. The number of hydrogen-bond acceptors (Lipinski definition) is 4. The van der Waals surface area contributed by atoms with E-state index in [2.05, 4.69) is 5.16 Å². The number of rotatable bonds is 3. The standard InChI is InChI=1S/C13H15NO3/c1-3-16-13(15)12-9(2)11(14-17-12)10-7-5-4-6-8-10/h4-9,12H,3H2,1-2H3/t9-,12-/m0/s1. The Hall–Kier alpha value is -1.84. The summed E-state index contributed by atoms with van der Waals surface area (Å²) in [6, 6.07) is 9.70. The normalized spacial score (nSPS) is 22.8. The van der Waals surface area contributed by atoms with Crippen molar-refractivity contribution in [3.05, 3.63) is 35.9 Å². The molecular formula is C13H15NO3. The Morgan fingerprint density at radius 2 is 2.12 bits per heavy atom. The highest BCUT2D eigenvalue weighted by Gasteiger charge is 2.37. The molecule has 1 aliphatic rings. The quantitative estimate of drug-likeness (QED) is 0.750. The average Bonchev–Trinajstić information content (AvgIpc) is 2.72. The highest BCUT2D eigenvalue weighted by Crippen LogP contribution is 2.23. The first-order chi connectivity index (χ1) is 8.24. The van der Waals surface area contributed by atoms with E-state index in [9.17, 15) is 4.79 Å². The predicted molar refractivity (Wildman–Crippen MR) is 63.6 cm³/mol. The fraction of sp³-hybridized carbons (Fsp3) is 0.385. The van der Waals surface area contributed by atoms with Gasteiger partial charge in [-0.2, -0.15) is 0 Å². The van der Waals surface area contributed by atoms with Crippen LogP contribution in [0, 0.1) is 5.92 Å². The van der Waals surface area contributed by atoms with E-state index in [-0.39, 0.29) is 11.9 Å². The van der Waals surface area contributed by atoms with Crippen molar-refractivity contribution in [3.63, 3.8) is 0 Å². The molecule has 90 valence electrons. The van der Waals surface area contributed by atoms with Gasteiger partial charge in [-0.3, -0.25) is 0 Å². The number of carbonyl (C=O) groups excluding carboxylic acids is 1. The molecule has 0 unspecified atom stereocenters. The Morgan fingerprint density at radius 3 is 2.76 bits per heavy atom. The van der Waals surface area contributed by atoms with E-state index in [1.807, 2.05) is 37.3 Å². The zero-order chi connectivity index (χ0) is 12.3. The number of carbonyl (C=O) groups is 1. The monoisotopic (exact) mass is 233 g/mol. The van der Waals surface area contributed by atoms with Crippen LogP contribution in [0.25, 0.3) is 0 Å². The van der Waals surface area contributed by atoms with Gasteiger partial charge in [-0.05, 0) is 12.5 Å². The molecule has 0 fully saturated rings. The lowest BCUT2D eigenvalue weighted by Crippen LogP contribution is -2.31. The van der Waals surface area contributed by atoms with Gasteiger partial charge in [-0.15, -0.1) is 0 Å². The van der Waals surface area contributed by atoms with Crippen LogP contribution >= 0.6 is 0 Å². The third-order valence-corrected chi connectivity index (χ3v) is 2.74. The first kappa shape index (κ1) is 11.6. The molecule has 0 amide bonds. The van der Waals surface area contributed by atoms with Crippen LogP contribution in [0.1, 0.15) is 19.4 Å². The van der Waals surface area contributed by atoms with Crippen LogP contribution < -0.4 is 0 Å². The van der Waals surface area contributed by atoms with E-state index in [1.54, 1.807) is 6.92 Å². The van der Waals surface area contributed by atoms with Crippen LogP contribution in [0.3, 0.4) is 0 Å². The summed E-state index contributed by atoms with van der Waals surface area (Å²) in [5, 5.41) is 3.99. The summed E-state index contributed by atoms with van der Waals surface area (Å²) in [7, 11) is 0. The Bertz CT molecular complexity index is 428. The van der Waals surface area contributed by atoms with Crippen molar-refractivity contribution in [2.24, 2.45) is 11.1 Å². The summed E-state index contributed by atoms with van der Waals surface area (Å²) < 4.78 is 4.94. The van der Waals surface area contributed by atoms with Crippen molar-refractivity contribution in [2.45, 2.75) is 20.0 Å². The molecular weight excluding hydrogens is 218 g/mol. The maximum Gasteiger partial charge on any atom is 0.350 e. The van der Waals surface area contributed by atoms with Gasteiger partial charge < -0.3 is 9.57 Å². The Labute approximate surface area is 100 Å². The summed E-state index contributed by atoms with van der Waals surface area (Å²) >= 11 is 0. The summed E-state index contributed by atoms with van der Waals surface area (Å²) in [5.41, 5.74) is 1.77. The Morgan fingerprint density at radius 1 is 1.41 bits per heavy atom. The highest BCUT2D eigenvalue weighted by molar-refractivity contribution is 6.05. The minimum absolute atomic E-state index is 0.0866. The van der Waals surface area contributed by atoms with E-state index in [0.717, 1.165) is 11.3 Å². The molecule has 1 heterocycles.